The van der Waals surface area contributed by atoms with Crippen LogP contribution in [0.1, 0.15) is 18.9 Å². The Morgan fingerprint density at radius 3 is 2.94 bits per heavy atom. The van der Waals surface area contributed by atoms with E-state index in [1.807, 2.05) is 6.07 Å². The summed E-state index contributed by atoms with van der Waals surface area (Å²) in [5, 5.41) is 3.20. The zero-order valence-corrected chi connectivity index (χ0v) is 9.77. The van der Waals surface area contributed by atoms with Gasteiger partial charge in [0.05, 0.1) is 10.7 Å². The van der Waals surface area contributed by atoms with E-state index in [0.29, 0.717) is 23.7 Å². The fourth-order valence-electron chi connectivity index (χ4n) is 1.09. The molecule has 0 aliphatic carbocycles. The lowest BCUT2D eigenvalue weighted by Gasteiger charge is -1.97. The van der Waals surface area contributed by atoms with Crippen molar-refractivity contribution in [1.82, 2.24) is 5.32 Å². The van der Waals surface area contributed by atoms with Gasteiger partial charge in [0, 0.05) is 25.5 Å². The zero-order valence-electron chi connectivity index (χ0n) is 9.01. The van der Waals surface area contributed by atoms with Crippen LogP contribution < -0.4 is 11.1 Å². The Bertz CT molecular complexity index is 446. The number of nitrogen functional groups attached to an aromatic ring is 1. The Morgan fingerprint density at radius 1 is 1.56 bits per heavy atom. The number of nitrogens with two attached hydrogens (primary N) is 1. The van der Waals surface area contributed by atoms with E-state index in [9.17, 15) is 4.79 Å². The van der Waals surface area contributed by atoms with Crippen molar-refractivity contribution in [1.29, 1.82) is 0 Å². The normalized spacial score (nSPS) is 9.12. The number of anilines is 1. The average molecular weight is 237 g/mol. The summed E-state index contributed by atoms with van der Waals surface area (Å²) in [4.78, 5) is 10.6. The Morgan fingerprint density at radius 2 is 2.31 bits per heavy atom. The summed E-state index contributed by atoms with van der Waals surface area (Å²) < 4.78 is 0. The largest absolute Gasteiger partial charge is 0.397 e. The zero-order chi connectivity index (χ0) is 12.0. The molecule has 3 nitrogen and oxygen atoms in total. The van der Waals surface area contributed by atoms with E-state index in [2.05, 4.69) is 17.2 Å². The summed E-state index contributed by atoms with van der Waals surface area (Å²) in [5.41, 5.74) is 6.98. The second-order valence-corrected chi connectivity index (χ2v) is 3.68. The van der Waals surface area contributed by atoms with Gasteiger partial charge < -0.3 is 11.1 Å². The van der Waals surface area contributed by atoms with Crippen molar-refractivity contribution in [3.63, 3.8) is 0 Å². The molecule has 0 spiro atoms. The summed E-state index contributed by atoms with van der Waals surface area (Å²) in [6, 6.07) is 5.26. The molecule has 0 saturated carbocycles. The number of benzene rings is 1. The monoisotopic (exact) mass is 236 g/mol. The standard InChI is InChI=1S/C12H13ClN2O/c1-9(16)15-7-3-2-4-10-5-6-11(13)12(14)8-10/h5-6,8H,3,7,14H2,1H3,(H,15,16). The quantitative estimate of drug-likeness (QED) is 0.467. The summed E-state index contributed by atoms with van der Waals surface area (Å²) in [6.45, 7) is 2.04. The maximum absolute atomic E-state index is 10.6. The molecule has 0 bridgehead atoms. The summed E-state index contributed by atoms with van der Waals surface area (Å²) >= 11 is 5.78. The van der Waals surface area contributed by atoms with E-state index >= 15 is 0 Å². The Kier molecular flexibility index (Phi) is 4.68. The number of rotatable bonds is 2. The first-order valence-corrected chi connectivity index (χ1v) is 5.25. The van der Waals surface area contributed by atoms with Crippen LogP contribution in [0.2, 0.25) is 5.02 Å². The van der Waals surface area contributed by atoms with Crippen LogP contribution in [0, 0.1) is 11.8 Å². The molecule has 0 saturated heterocycles. The van der Waals surface area contributed by atoms with Crippen LogP contribution >= 0.6 is 11.6 Å². The molecule has 1 aromatic carbocycles. The number of hydrogen-bond acceptors (Lipinski definition) is 2. The Hall–Kier alpha value is -1.66. The van der Waals surface area contributed by atoms with Crippen molar-refractivity contribution in [3.8, 4) is 11.8 Å². The van der Waals surface area contributed by atoms with Gasteiger partial charge in [-0.3, -0.25) is 4.79 Å². The maximum Gasteiger partial charge on any atom is 0.216 e. The molecule has 0 fully saturated rings. The highest BCUT2D eigenvalue weighted by Crippen LogP contribution is 2.18. The third kappa shape index (κ3) is 4.24. The topological polar surface area (TPSA) is 55.1 Å². The van der Waals surface area contributed by atoms with E-state index in [0.717, 1.165) is 5.56 Å². The van der Waals surface area contributed by atoms with Crippen molar-refractivity contribution in [2.24, 2.45) is 0 Å². The van der Waals surface area contributed by atoms with Crippen molar-refractivity contribution >= 4 is 23.2 Å². The van der Waals surface area contributed by atoms with Crippen LogP contribution in [0.5, 0.6) is 0 Å². The first kappa shape index (κ1) is 12.4. The second-order valence-electron chi connectivity index (χ2n) is 3.27. The average Bonchev–Trinajstić information content (AvgIpc) is 2.22. The minimum Gasteiger partial charge on any atom is -0.397 e. The lowest BCUT2D eigenvalue weighted by atomic mass is 10.2. The van der Waals surface area contributed by atoms with Crippen molar-refractivity contribution in [3.05, 3.63) is 28.8 Å². The molecular formula is C12H13ClN2O. The van der Waals surface area contributed by atoms with Crippen LogP contribution in [-0.4, -0.2) is 12.5 Å². The predicted octanol–water partition coefficient (Wildman–Crippen LogP) is 1.80. The summed E-state index contributed by atoms with van der Waals surface area (Å²) in [5.74, 6) is 5.84. The third-order valence-corrected chi connectivity index (χ3v) is 2.20. The molecule has 0 unspecified atom stereocenters. The Labute approximate surface area is 100.0 Å². The van der Waals surface area contributed by atoms with Gasteiger partial charge in [0.1, 0.15) is 0 Å². The van der Waals surface area contributed by atoms with E-state index in [4.69, 9.17) is 17.3 Å². The smallest absolute Gasteiger partial charge is 0.216 e. The summed E-state index contributed by atoms with van der Waals surface area (Å²) in [7, 11) is 0. The van der Waals surface area contributed by atoms with Gasteiger partial charge in [-0.15, -0.1) is 0 Å². The van der Waals surface area contributed by atoms with E-state index in [-0.39, 0.29) is 5.91 Å². The van der Waals surface area contributed by atoms with Gasteiger partial charge >= 0.3 is 0 Å². The molecule has 84 valence electrons. The molecule has 0 radical (unpaired) electrons. The minimum atomic E-state index is -0.0439. The SMILES string of the molecule is CC(=O)NCCC#Cc1ccc(Cl)c(N)c1. The number of nitrogens with one attached hydrogen (secondary N) is 1. The fourth-order valence-corrected chi connectivity index (χ4v) is 1.20. The van der Waals surface area contributed by atoms with Crippen molar-refractivity contribution in [2.75, 3.05) is 12.3 Å². The highest BCUT2D eigenvalue weighted by molar-refractivity contribution is 6.33. The van der Waals surface area contributed by atoms with Crippen LogP contribution in [0.4, 0.5) is 5.69 Å². The van der Waals surface area contributed by atoms with E-state index < -0.39 is 0 Å². The van der Waals surface area contributed by atoms with Gasteiger partial charge in [0.25, 0.3) is 0 Å². The predicted molar refractivity (Wildman–Crippen MR) is 66.0 cm³/mol. The van der Waals surface area contributed by atoms with E-state index in [1.165, 1.54) is 6.92 Å². The van der Waals surface area contributed by atoms with Gasteiger partial charge in [0.15, 0.2) is 0 Å². The highest BCUT2D eigenvalue weighted by Gasteiger charge is 1.94. The highest BCUT2D eigenvalue weighted by atomic mass is 35.5. The second kappa shape index (κ2) is 6.04. The first-order valence-electron chi connectivity index (χ1n) is 4.88. The van der Waals surface area contributed by atoms with Gasteiger partial charge in [-0.05, 0) is 18.2 Å². The molecule has 4 heteroatoms. The van der Waals surface area contributed by atoms with Crippen LogP contribution in [0.3, 0.4) is 0 Å². The molecule has 0 atom stereocenters. The molecule has 0 heterocycles. The minimum absolute atomic E-state index is 0.0439. The lowest BCUT2D eigenvalue weighted by Crippen LogP contribution is -2.20. The van der Waals surface area contributed by atoms with Crippen molar-refractivity contribution < 1.29 is 4.79 Å². The molecule has 1 aromatic rings. The Balaban J connectivity index is 2.50. The van der Waals surface area contributed by atoms with Gasteiger partial charge in [-0.2, -0.15) is 0 Å². The fraction of sp³-hybridized carbons (Fsp3) is 0.250. The van der Waals surface area contributed by atoms with Gasteiger partial charge in [-0.1, -0.05) is 23.4 Å². The first-order chi connectivity index (χ1) is 7.59. The van der Waals surface area contributed by atoms with Gasteiger partial charge in [0.2, 0.25) is 5.91 Å². The number of carbonyl (C=O) groups is 1. The number of carbonyl (C=O) groups excluding carboxylic acids is 1. The molecule has 0 aromatic heterocycles. The third-order valence-electron chi connectivity index (χ3n) is 1.85. The number of amides is 1. The van der Waals surface area contributed by atoms with Crippen LogP contribution in [-0.2, 0) is 4.79 Å². The number of hydrogen-bond donors (Lipinski definition) is 2. The van der Waals surface area contributed by atoms with E-state index in [1.54, 1.807) is 12.1 Å². The molecule has 3 N–H and O–H groups in total. The molecule has 1 rings (SSSR count). The number of halogens is 1. The molecular weight excluding hydrogens is 224 g/mol. The van der Waals surface area contributed by atoms with Crippen LogP contribution in [0.15, 0.2) is 18.2 Å². The molecule has 0 aliphatic rings. The summed E-state index contributed by atoms with van der Waals surface area (Å²) in [6.07, 6.45) is 0.613. The molecule has 1 amide bonds. The van der Waals surface area contributed by atoms with Crippen molar-refractivity contribution in [2.45, 2.75) is 13.3 Å². The van der Waals surface area contributed by atoms with Crippen LogP contribution in [0.25, 0.3) is 0 Å². The maximum atomic E-state index is 10.6. The molecule has 0 aliphatic heterocycles. The molecule has 16 heavy (non-hydrogen) atoms. The van der Waals surface area contributed by atoms with Gasteiger partial charge in [-0.25, -0.2) is 0 Å². The lowest BCUT2D eigenvalue weighted by molar-refractivity contribution is -0.118.